The van der Waals surface area contributed by atoms with Crippen molar-refractivity contribution in [3.05, 3.63) is 112 Å². The maximum absolute atomic E-state index is 13.8. The van der Waals surface area contributed by atoms with Crippen molar-refractivity contribution in [1.82, 2.24) is 21.0 Å². The van der Waals surface area contributed by atoms with Crippen LogP contribution in [0.2, 0.25) is 5.02 Å². The number of nitrogens with zero attached hydrogens (tertiary/aromatic N) is 3. The van der Waals surface area contributed by atoms with Gasteiger partial charge in [-0.1, -0.05) is 60.5 Å². The molecule has 41 heavy (non-hydrogen) atoms. The van der Waals surface area contributed by atoms with Crippen LogP contribution in [0.5, 0.6) is 0 Å². The third kappa shape index (κ3) is 5.64. The molecule has 2 heterocycles. The second-order valence-electron chi connectivity index (χ2n) is 10.6. The SMILES string of the molecule is CC[C@@H](Nc1c(C#N)cnc2c(Cl)cc(NC(C3=CN(C4CC4)NN3)c3ccc(F)cc3)cc12)c1cccc(C)c1. The van der Waals surface area contributed by atoms with Crippen molar-refractivity contribution in [2.24, 2.45) is 0 Å². The minimum atomic E-state index is -0.320. The number of hydrogen-bond donors (Lipinski definition) is 4. The van der Waals surface area contributed by atoms with E-state index in [2.05, 4.69) is 75.9 Å². The number of benzene rings is 3. The zero-order valence-corrected chi connectivity index (χ0v) is 23.6. The van der Waals surface area contributed by atoms with Crippen LogP contribution in [0.4, 0.5) is 15.8 Å². The molecule has 208 valence electrons. The highest BCUT2D eigenvalue weighted by atomic mass is 35.5. The van der Waals surface area contributed by atoms with Gasteiger partial charge in [0.05, 0.1) is 39.6 Å². The standard InChI is InChI=1S/C32H31ClFN7/c1-3-28(21-6-4-5-19(2)13-21)38-30-22(16-35)17-36-32-26(30)14-24(15-27(32)33)37-31(20-7-9-23(34)10-8-20)29-18-41(40-39-29)25-11-12-25/h4-10,13-15,17-18,25,28,31,37,39-40H,3,11-12H2,1-2H3,(H,36,38)/t28-,31?/m1/s1. The molecule has 9 heteroatoms. The first-order valence-electron chi connectivity index (χ1n) is 13.8. The van der Waals surface area contributed by atoms with Crippen LogP contribution >= 0.6 is 11.6 Å². The number of anilines is 2. The summed E-state index contributed by atoms with van der Waals surface area (Å²) in [5, 5.41) is 20.5. The zero-order chi connectivity index (χ0) is 28.5. The molecule has 1 saturated carbocycles. The lowest BCUT2D eigenvalue weighted by Crippen LogP contribution is -2.38. The Labute approximate surface area is 244 Å². The molecule has 2 aliphatic rings. The Bertz CT molecular complexity index is 1660. The van der Waals surface area contributed by atoms with Gasteiger partial charge in [-0.3, -0.25) is 9.99 Å². The maximum Gasteiger partial charge on any atom is 0.123 e. The zero-order valence-electron chi connectivity index (χ0n) is 22.9. The van der Waals surface area contributed by atoms with Gasteiger partial charge in [0.15, 0.2) is 0 Å². The number of aromatic nitrogens is 1. The first kappa shape index (κ1) is 26.9. The van der Waals surface area contributed by atoms with E-state index >= 15 is 0 Å². The molecule has 0 bridgehead atoms. The van der Waals surface area contributed by atoms with Crippen molar-refractivity contribution >= 4 is 33.9 Å². The van der Waals surface area contributed by atoms with Crippen LogP contribution < -0.4 is 21.6 Å². The summed E-state index contributed by atoms with van der Waals surface area (Å²) < 4.78 is 13.8. The fourth-order valence-corrected chi connectivity index (χ4v) is 5.54. The molecule has 3 aromatic carbocycles. The summed E-state index contributed by atoms with van der Waals surface area (Å²) in [5.74, 6) is -0.294. The summed E-state index contributed by atoms with van der Waals surface area (Å²) in [6.45, 7) is 4.19. The van der Waals surface area contributed by atoms with E-state index in [1.165, 1.54) is 17.7 Å². The number of hydrazine groups is 2. The third-order valence-electron chi connectivity index (χ3n) is 7.59. The van der Waals surface area contributed by atoms with Crippen LogP contribution in [-0.4, -0.2) is 16.0 Å². The van der Waals surface area contributed by atoms with Crippen LogP contribution in [0, 0.1) is 24.1 Å². The van der Waals surface area contributed by atoms with Crippen LogP contribution in [0.15, 0.2) is 78.8 Å². The molecule has 1 aliphatic heterocycles. The average Bonchev–Trinajstić information content (AvgIpc) is 3.71. The van der Waals surface area contributed by atoms with Gasteiger partial charge in [0.1, 0.15) is 11.9 Å². The molecule has 0 radical (unpaired) electrons. The van der Waals surface area contributed by atoms with E-state index in [0.717, 1.165) is 47.2 Å². The van der Waals surface area contributed by atoms with E-state index in [1.807, 2.05) is 18.2 Å². The van der Waals surface area contributed by atoms with Gasteiger partial charge in [-0.25, -0.2) is 4.39 Å². The Kier molecular flexibility index (Phi) is 7.39. The molecule has 4 aromatic rings. The minimum absolute atomic E-state index is 0.0118. The molecule has 6 rings (SSSR count). The van der Waals surface area contributed by atoms with E-state index in [1.54, 1.807) is 18.3 Å². The van der Waals surface area contributed by atoms with Crippen LogP contribution in [0.3, 0.4) is 0 Å². The maximum atomic E-state index is 13.8. The molecule has 1 aromatic heterocycles. The highest BCUT2D eigenvalue weighted by Gasteiger charge is 2.32. The number of nitriles is 1. The number of rotatable bonds is 9. The number of aryl methyl sites for hydroxylation is 1. The monoisotopic (exact) mass is 567 g/mol. The Balaban J connectivity index is 1.41. The van der Waals surface area contributed by atoms with E-state index in [0.29, 0.717) is 27.8 Å². The Morgan fingerprint density at radius 2 is 1.93 bits per heavy atom. The molecule has 1 unspecified atom stereocenters. The van der Waals surface area contributed by atoms with E-state index < -0.39 is 0 Å². The van der Waals surface area contributed by atoms with Crippen LogP contribution in [0.25, 0.3) is 10.9 Å². The lowest BCUT2D eigenvalue weighted by Gasteiger charge is -2.24. The Hall–Kier alpha value is -4.32. The smallest absolute Gasteiger partial charge is 0.123 e. The Morgan fingerprint density at radius 3 is 2.63 bits per heavy atom. The van der Waals surface area contributed by atoms with Crippen molar-refractivity contribution in [3.8, 4) is 6.07 Å². The third-order valence-corrected chi connectivity index (χ3v) is 7.88. The lowest BCUT2D eigenvalue weighted by molar-refractivity contribution is 0.260. The molecule has 2 atom stereocenters. The van der Waals surface area contributed by atoms with Crippen molar-refractivity contribution in [3.63, 3.8) is 0 Å². The summed E-state index contributed by atoms with van der Waals surface area (Å²) in [6, 6.07) is 21.1. The molecule has 0 spiro atoms. The van der Waals surface area contributed by atoms with Crippen molar-refractivity contribution < 1.29 is 4.39 Å². The fourth-order valence-electron chi connectivity index (χ4n) is 5.27. The van der Waals surface area contributed by atoms with Gasteiger partial charge < -0.3 is 16.1 Å². The van der Waals surface area contributed by atoms with Gasteiger partial charge in [0.25, 0.3) is 0 Å². The highest BCUT2D eigenvalue weighted by Crippen LogP contribution is 2.38. The van der Waals surface area contributed by atoms with Crippen molar-refractivity contribution in [1.29, 1.82) is 5.26 Å². The van der Waals surface area contributed by atoms with Crippen LogP contribution in [-0.2, 0) is 0 Å². The average molecular weight is 568 g/mol. The topological polar surface area (TPSA) is 88.0 Å². The largest absolute Gasteiger partial charge is 0.377 e. The summed E-state index contributed by atoms with van der Waals surface area (Å²) in [6.07, 6.45) is 6.72. The number of nitrogens with one attached hydrogen (secondary N) is 4. The molecular formula is C32H31ClFN7. The molecule has 1 aliphatic carbocycles. The lowest BCUT2D eigenvalue weighted by atomic mass is 10.00. The van der Waals surface area contributed by atoms with Gasteiger partial charge in [-0.2, -0.15) is 5.26 Å². The molecule has 4 N–H and O–H groups in total. The predicted molar refractivity (Wildman–Crippen MR) is 161 cm³/mol. The first-order chi connectivity index (χ1) is 19.9. The normalized spacial score (nSPS) is 16.1. The minimum Gasteiger partial charge on any atom is -0.377 e. The van der Waals surface area contributed by atoms with E-state index in [9.17, 15) is 9.65 Å². The summed E-state index contributed by atoms with van der Waals surface area (Å²) in [5.41, 5.74) is 13.1. The first-order valence-corrected chi connectivity index (χ1v) is 14.2. The van der Waals surface area contributed by atoms with Gasteiger partial charge in [0, 0.05) is 29.5 Å². The quantitative estimate of drug-likeness (QED) is 0.169. The van der Waals surface area contributed by atoms with E-state index in [4.69, 9.17) is 11.6 Å². The second-order valence-corrected chi connectivity index (χ2v) is 11.0. The van der Waals surface area contributed by atoms with Gasteiger partial charge >= 0.3 is 0 Å². The number of fused-ring (bicyclic) bond motifs is 1. The van der Waals surface area contributed by atoms with Gasteiger partial charge in [0.2, 0.25) is 0 Å². The molecule has 0 saturated heterocycles. The van der Waals surface area contributed by atoms with Crippen LogP contribution in [0.1, 0.15) is 60.5 Å². The van der Waals surface area contributed by atoms with Crippen molar-refractivity contribution in [2.45, 2.75) is 51.2 Å². The molecule has 7 nitrogen and oxygen atoms in total. The number of hydrogen-bond acceptors (Lipinski definition) is 7. The van der Waals surface area contributed by atoms with Gasteiger partial charge in [-0.15, -0.1) is 5.53 Å². The summed E-state index contributed by atoms with van der Waals surface area (Å²) in [4.78, 5) is 4.53. The Morgan fingerprint density at radius 1 is 1.12 bits per heavy atom. The summed E-state index contributed by atoms with van der Waals surface area (Å²) in [7, 11) is 0. The predicted octanol–water partition coefficient (Wildman–Crippen LogP) is 7.25. The second kappa shape index (κ2) is 11.3. The number of pyridine rings is 1. The van der Waals surface area contributed by atoms with Crippen molar-refractivity contribution in [2.75, 3.05) is 10.6 Å². The summed E-state index contributed by atoms with van der Waals surface area (Å²) >= 11 is 6.81. The molecule has 0 amide bonds. The fraction of sp³-hybridized carbons (Fsp3) is 0.250. The number of halogens is 2. The molecule has 1 fully saturated rings. The molecular weight excluding hydrogens is 537 g/mol. The highest BCUT2D eigenvalue weighted by molar-refractivity contribution is 6.35. The van der Waals surface area contributed by atoms with E-state index in [-0.39, 0.29) is 17.9 Å². The van der Waals surface area contributed by atoms with Gasteiger partial charge in [-0.05, 0) is 61.6 Å².